The molecule has 0 aliphatic carbocycles. The summed E-state index contributed by atoms with van der Waals surface area (Å²) >= 11 is 1.12. The number of aryl methyl sites for hydroxylation is 2. The van der Waals surface area contributed by atoms with Crippen molar-refractivity contribution < 1.29 is 14.7 Å². The Labute approximate surface area is 125 Å². The minimum Gasteiger partial charge on any atom is -0.478 e. The predicted octanol–water partition coefficient (Wildman–Crippen LogP) is 2.04. The third kappa shape index (κ3) is 3.38. The monoisotopic (exact) mass is 303 g/mol. The van der Waals surface area contributed by atoms with Gasteiger partial charge in [-0.15, -0.1) is 0 Å². The molecule has 2 aromatic rings. The molecule has 2 aromatic heterocycles. The van der Waals surface area contributed by atoms with Crippen LogP contribution in [0.25, 0.3) is 0 Å². The van der Waals surface area contributed by atoms with E-state index in [1.807, 2.05) is 6.92 Å². The van der Waals surface area contributed by atoms with E-state index in [1.165, 1.54) is 18.3 Å². The first-order chi connectivity index (χ1) is 9.88. The van der Waals surface area contributed by atoms with E-state index in [0.717, 1.165) is 23.0 Å². The van der Waals surface area contributed by atoms with Gasteiger partial charge >= 0.3 is 5.97 Å². The van der Waals surface area contributed by atoms with Crippen LogP contribution in [-0.4, -0.2) is 27.0 Å². The average molecular weight is 303 g/mol. The number of nitrogens with zero attached hydrogens (tertiary/aromatic N) is 2. The maximum Gasteiger partial charge on any atom is 0.335 e. The summed E-state index contributed by atoms with van der Waals surface area (Å²) in [4.78, 5) is 30.9. The van der Waals surface area contributed by atoms with Crippen molar-refractivity contribution in [2.24, 2.45) is 5.73 Å². The van der Waals surface area contributed by atoms with E-state index in [4.69, 9.17) is 10.8 Å². The number of aromatic carboxylic acids is 1. The van der Waals surface area contributed by atoms with Gasteiger partial charge in [0.25, 0.3) is 5.91 Å². The number of hydrogen-bond donors (Lipinski definition) is 2. The number of carboxylic acid groups (broad SMARTS) is 1. The second kappa shape index (κ2) is 5.92. The molecule has 7 heteroatoms. The number of carbonyl (C=O) groups excluding carboxylic acids is 1. The van der Waals surface area contributed by atoms with Crippen molar-refractivity contribution in [3.05, 3.63) is 46.8 Å². The molecule has 0 saturated heterocycles. The number of amides is 1. The molecule has 2 rings (SSSR count). The van der Waals surface area contributed by atoms with Gasteiger partial charge in [-0.3, -0.25) is 4.79 Å². The molecule has 0 aliphatic rings. The zero-order chi connectivity index (χ0) is 15.6. The van der Waals surface area contributed by atoms with E-state index >= 15 is 0 Å². The molecule has 0 aromatic carbocycles. The van der Waals surface area contributed by atoms with Crippen molar-refractivity contribution in [1.82, 2.24) is 9.97 Å². The standard InChI is InChI=1S/C14H13N3O3S/c1-7-5-8(2)17-13(11(7)12(15)18)21-10-6-9(14(19)20)3-4-16-10/h3-6H,1-2H3,(H2,15,18)(H,19,20). The lowest BCUT2D eigenvalue weighted by Gasteiger charge is -2.09. The lowest BCUT2D eigenvalue weighted by Crippen LogP contribution is -2.15. The van der Waals surface area contributed by atoms with Gasteiger partial charge in [-0.2, -0.15) is 0 Å². The van der Waals surface area contributed by atoms with E-state index in [1.54, 1.807) is 13.0 Å². The van der Waals surface area contributed by atoms with Crippen LogP contribution in [0.1, 0.15) is 32.0 Å². The minimum absolute atomic E-state index is 0.123. The molecule has 3 N–H and O–H groups in total. The Morgan fingerprint density at radius 1 is 1.29 bits per heavy atom. The zero-order valence-electron chi connectivity index (χ0n) is 11.5. The molecule has 0 atom stereocenters. The lowest BCUT2D eigenvalue weighted by atomic mass is 10.1. The number of carboxylic acids is 1. The molecule has 108 valence electrons. The summed E-state index contributed by atoms with van der Waals surface area (Å²) in [5, 5.41) is 9.85. The Kier molecular flexibility index (Phi) is 4.23. The third-order valence-corrected chi connectivity index (χ3v) is 3.66. The van der Waals surface area contributed by atoms with Crippen molar-refractivity contribution in [3.8, 4) is 0 Å². The largest absolute Gasteiger partial charge is 0.478 e. The van der Waals surface area contributed by atoms with Crippen molar-refractivity contribution in [1.29, 1.82) is 0 Å². The van der Waals surface area contributed by atoms with Gasteiger partial charge in [0.1, 0.15) is 10.1 Å². The molecule has 0 unspecified atom stereocenters. The van der Waals surface area contributed by atoms with Crippen LogP contribution < -0.4 is 5.73 Å². The Hall–Kier alpha value is -2.41. The minimum atomic E-state index is -1.04. The second-order valence-corrected chi connectivity index (χ2v) is 5.42. The van der Waals surface area contributed by atoms with Crippen LogP contribution in [0.4, 0.5) is 0 Å². The fourth-order valence-electron chi connectivity index (χ4n) is 1.87. The lowest BCUT2D eigenvalue weighted by molar-refractivity contribution is 0.0696. The highest BCUT2D eigenvalue weighted by Crippen LogP contribution is 2.29. The normalized spacial score (nSPS) is 10.4. The van der Waals surface area contributed by atoms with E-state index in [-0.39, 0.29) is 5.56 Å². The van der Waals surface area contributed by atoms with Crippen LogP contribution in [0.5, 0.6) is 0 Å². The van der Waals surface area contributed by atoms with Crippen molar-refractivity contribution in [2.75, 3.05) is 0 Å². The van der Waals surface area contributed by atoms with Gasteiger partial charge in [0, 0.05) is 11.9 Å². The molecule has 0 spiro atoms. The maximum absolute atomic E-state index is 11.6. The highest BCUT2D eigenvalue weighted by Gasteiger charge is 2.16. The van der Waals surface area contributed by atoms with Crippen molar-refractivity contribution >= 4 is 23.6 Å². The summed E-state index contributed by atoms with van der Waals surface area (Å²) in [5.74, 6) is -1.61. The van der Waals surface area contributed by atoms with Crippen molar-refractivity contribution in [3.63, 3.8) is 0 Å². The fraction of sp³-hybridized carbons (Fsp3) is 0.143. The number of carbonyl (C=O) groups is 2. The summed E-state index contributed by atoms with van der Waals surface area (Å²) in [5.41, 5.74) is 7.31. The first-order valence-electron chi connectivity index (χ1n) is 6.03. The Morgan fingerprint density at radius 3 is 2.62 bits per heavy atom. The van der Waals surface area contributed by atoms with Crippen LogP contribution in [-0.2, 0) is 0 Å². The van der Waals surface area contributed by atoms with Gasteiger partial charge in [-0.25, -0.2) is 14.8 Å². The molecule has 21 heavy (non-hydrogen) atoms. The number of hydrogen-bond acceptors (Lipinski definition) is 5. The van der Waals surface area contributed by atoms with Crippen LogP contribution in [0.2, 0.25) is 0 Å². The molecule has 6 nitrogen and oxygen atoms in total. The summed E-state index contributed by atoms with van der Waals surface area (Å²) in [6.45, 7) is 3.59. The second-order valence-electron chi connectivity index (χ2n) is 4.41. The third-order valence-electron chi connectivity index (χ3n) is 2.74. The van der Waals surface area contributed by atoms with Gasteiger partial charge < -0.3 is 10.8 Å². The van der Waals surface area contributed by atoms with Gasteiger partial charge in [0.2, 0.25) is 0 Å². The molecule has 0 bridgehead atoms. The summed E-state index contributed by atoms with van der Waals surface area (Å²) in [7, 11) is 0. The van der Waals surface area contributed by atoms with Gasteiger partial charge in [0.15, 0.2) is 0 Å². The Morgan fingerprint density at radius 2 is 2.00 bits per heavy atom. The molecule has 0 radical (unpaired) electrons. The number of primary amides is 1. The molecule has 1 amide bonds. The van der Waals surface area contributed by atoms with Crippen LogP contribution in [0.3, 0.4) is 0 Å². The first-order valence-corrected chi connectivity index (χ1v) is 6.85. The Bertz CT molecular complexity index is 731. The summed E-state index contributed by atoms with van der Waals surface area (Å²) < 4.78 is 0. The number of nitrogens with two attached hydrogens (primary N) is 1. The first kappa shape index (κ1) is 15.0. The fourth-order valence-corrected chi connectivity index (χ4v) is 2.92. The topological polar surface area (TPSA) is 106 Å². The summed E-state index contributed by atoms with van der Waals surface area (Å²) in [6.07, 6.45) is 1.40. The highest BCUT2D eigenvalue weighted by atomic mass is 32.2. The molecular formula is C14H13N3O3S. The van der Waals surface area contributed by atoms with E-state index < -0.39 is 11.9 Å². The highest BCUT2D eigenvalue weighted by molar-refractivity contribution is 7.99. The number of pyridine rings is 2. The zero-order valence-corrected chi connectivity index (χ0v) is 12.3. The van der Waals surface area contributed by atoms with E-state index in [9.17, 15) is 9.59 Å². The molecule has 0 aliphatic heterocycles. The smallest absolute Gasteiger partial charge is 0.335 e. The van der Waals surface area contributed by atoms with Gasteiger partial charge in [0.05, 0.1) is 11.1 Å². The molecule has 0 saturated carbocycles. The number of rotatable bonds is 4. The van der Waals surface area contributed by atoms with Crippen molar-refractivity contribution in [2.45, 2.75) is 23.9 Å². The molecule has 2 heterocycles. The Balaban J connectivity index is 2.46. The molecular weight excluding hydrogens is 290 g/mol. The summed E-state index contributed by atoms with van der Waals surface area (Å²) in [6, 6.07) is 4.60. The van der Waals surface area contributed by atoms with E-state index in [2.05, 4.69) is 9.97 Å². The average Bonchev–Trinajstić information content (AvgIpc) is 2.37. The van der Waals surface area contributed by atoms with Gasteiger partial charge in [-0.05, 0) is 49.4 Å². The number of aromatic nitrogens is 2. The predicted molar refractivity (Wildman–Crippen MR) is 77.5 cm³/mol. The van der Waals surface area contributed by atoms with Crippen LogP contribution in [0.15, 0.2) is 34.4 Å². The molecule has 0 fully saturated rings. The SMILES string of the molecule is Cc1cc(C)c(C(N)=O)c(Sc2cc(C(=O)O)ccn2)n1. The van der Waals surface area contributed by atoms with E-state index in [0.29, 0.717) is 15.6 Å². The van der Waals surface area contributed by atoms with Gasteiger partial charge in [-0.1, -0.05) is 0 Å². The van der Waals surface area contributed by atoms with Crippen LogP contribution >= 0.6 is 11.8 Å². The maximum atomic E-state index is 11.6. The quantitative estimate of drug-likeness (QED) is 0.895. The van der Waals surface area contributed by atoms with Crippen LogP contribution in [0, 0.1) is 13.8 Å².